The lowest BCUT2D eigenvalue weighted by atomic mass is 9.95. The van der Waals surface area contributed by atoms with E-state index in [4.69, 9.17) is 4.74 Å². The molecule has 3 amide bonds. The van der Waals surface area contributed by atoms with Gasteiger partial charge in [0.15, 0.2) is 0 Å². The minimum Gasteiger partial charge on any atom is -0.496 e. The topological polar surface area (TPSA) is 53.1 Å². The van der Waals surface area contributed by atoms with Gasteiger partial charge in [0.2, 0.25) is 5.91 Å². The number of thiophene rings is 1. The Labute approximate surface area is 188 Å². The van der Waals surface area contributed by atoms with E-state index in [0.29, 0.717) is 26.2 Å². The molecular formula is C24H31N3O3S. The summed E-state index contributed by atoms with van der Waals surface area (Å²) in [7, 11) is 1.66. The van der Waals surface area contributed by atoms with Crippen LogP contribution in [0.3, 0.4) is 0 Å². The normalized spacial score (nSPS) is 17.1. The number of hydrogen-bond donors (Lipinski definition) is 0. The fourth-order valence-corrected chi connectivity index (χ4v) is 5.25. The van der Waals surface area contributed by atoms with Gasteiger partial charge in [-0.3, -0.25) is 4.79 Å². The molecule has 0 unspecified atom stereocenters. The van der Waals surface area contributed by atoms with Crippen LogP contribution in [0.5, 0.6) is 5.75 Å². The Balaban J connectivity index is 1.42. The number of para-hydroxylation sites is 1. The maximum Gasteiger partial charge on any atom is 0.319 e. The molecule has 2 aliphatic rings. The van der Waals surface area contributed by atoms with Crippen LogP contribution in [-0.2, 0) is 17.9 Å². The summed E-state index contributed by atoms with van der Waals surface area (Å²) in [5.74, 6) is 0.933. The van der Waals surface area contributed by atoms with Gasteiger partial charge in [0.05, 0.1) is 13.7 Å². The van der Waals surface area contributed by atoms with Crippen molar-refractivity contribution in [2.24, 2.45) is 5.92 Å². The van der Waals surface area contributed by atoms with Gasteiger partial charge in [-0.2, -0.15) is 0 Å². The molecule has 1 aromatic heterocycles. The number of hydrogen-bond acceptors (Lipinski definition) is 4. The van der Waals surface area contributed by atoms with Gasteiger partial charge in [-0.15, -0.1) is 11.3 Å². The van der Waals surface area contributed by atoms with Crippen LogP contribution in [0, 0.1) is 5.92 Å². The largest absolute Gasteiger partial charge is 0.496 e. The maximum absolute atomic E-state index is 13.5. The Morgan fingerprint density at radius 1 is 1.00 bits per heavy atom. The number of piperidine rings is 1. The van der Waals surface area contributed by atoms with Crippen molar-refractivity contribution in [3.63, 3.8) is 0 Å². The lowest BCUT2D eigenvalue weighted by Gasteiger charge is -2.36. The second kappa shape index (κ2) is 10.2. The predicted molar refractivity (Wildman–Crippen MR) is 122 cm³/mol. The Morgan fingerprint density at radius 3 is 2.39 bits per heavy atom. The number of rotatable bonds is 6. The summed E-state index contributed by atoms with van der Waals surface area (Å²) in [6.45, 7) is 4.17. The third-order valence-electron chi connectivity index (χ3n) is 6.28. The van der Waals surface area contributed by atoms with Crippen LogP contribution in [0.4, 0.5) is 4.79 Å². The Bertz CT molecular complexity index is 872. The van der Waals surface area contributed by atoms with E-state index in [1.54, 1.807) is 18.4 Å². The molecule has 166 valence electrons. The lowest BCUT2D eigenvalue weighted by molar-refractivity contribution is -0.138. The average molecular weight is 442 g/mol. The molecule has 2 aromatic rings. The molecule has 3 heterocycles. The van der Waals surface area contributed by atoms with Crippen molar-refractivity contribution in [2.75, 3.05) is 33.3 Å². The number of ether oxygens (including phenoxy) is 1. The van der Waals surface area contributed by atoms with Gasteiger partial charge in [0, 0.05) is 49.1 Å². The van der Waals surface area contributed by atoms with E-state index in [1.807, 2.05) is 50.4 Å². The summed E-state index contributed by atoms with van der Waals surface area (Å²) in [5.41, 5.74) is 1.01. The predicted octanol–water partition coefficient (Wildman–Crippen LogP) is 4.21. The highest BCUT2D eigenvalue weighted by atomic mass is 32.1. The molecule has 0 spiro atoms. The molecule has 4 rings (SSSR count). The Kier molecular flexibility index (Phi) is 7.12. The van der Waals surface area contributed by atoms with Crippen LogP contribution < -0.4 is 4.74 Å². The highest BCUT2D eigenvalue weighted by Gasteiger charge is 2.32. The third-order valence-corrected chi connectivity index (χ3v) is 7.14. The number of urea groups is 1. The van der Waals surface area contributed by atoms with Crippen molar-refractivity contribution < 1.29 is 14.3 Å². The number of likely N-dealkylation sites (tertiary alicyclic amines) is 2. The van der Waals surface area contributed by atoms with E-state index in [9.17, 15) is 9.59 Å². The second-order valence-corrected chi connectivity index (χ2v) is 9.36. The monoisotopic (exact) mass is 441 g/mol. The first-order chi connectivity index (χ1) is 15.2. The first kappa shape index (κ1) is 21.7. The second-order valence-electron chi connectivity index (χ2n) is 8.32. The highest BCUT2D eigenvalue weighted by Crippen LogP contribution is 2.26. The van der Waals surface area contributed by atoms with Gasteiger partial charge in [-0.05, 0) is 43.2 Å². The van der Waals surface area contributed by atoms with E-state index in [-0.39, 0.29) is 17.9 Å². The molecule has 31 heavy (non-hydrogen) atoms. The summed E-state index contributed by atoms with van der Waals surface area (Å²) in [6, 6.07) is 12.1. The molecule has 0 radical (unpaired) electrons. The summed E-state index contributed by atoms with van der Waals surface area (Å²) in [5, 5.41) is 2.05. The SMILES string of the molecule is COc1ccccc1CN(Cc1cccs1)C(=O)C1CCN(C(=O)N2CCCC2)CC1. The number of carbonyl (C=O) groups is 2. The number of benzene rings is 1. The summed E-state index contributed by atoms with van der Waals surface area (Å²) in [4.78, 5) is 33.2. The first-order valence-electron chi connectivity index (χ1n) is 11.1. The van der Waals surface area contributed by atoms with Crippen LogP contribution in [-0.4, -0.2) is 59.9 Å². The molecule has 0 saturated carbocycles. The molecule has 6 nitrogen and oxygen atoms in total. The Morgan fingerprint density at radius 2 is 1.71 bits per heavy atom. The fraction of sp³-hybridized carbons (Fsp3) is 0.500. The van der Waals surface area contributed by atoms with E-state index in [0.717, 1.165) is 50.1 Å². The molecule has 0 aliphatic carbocycles. The minimum absolute atomic E-state index is 0.0442. The first-order valence-corrected chi connectivity index (χ1v) is 12.0. The molecule has 0 bridgehead atoms. The van der Waals surface area contributed by atoms with Crippen molar-refractivity contribution in [2.45, 2.75) is 38.8 Å². The lowest BCUT2D eigenvalue weighted by Crippen LogP contribution is -2.48. The van der Waals surface area contributed by atoms with Crippen LogP contribution in [0.25, 0.3) is 0 Å². The summed E-state index contributed by atoms with van der Waals surface area (Å²) < 4.78 is 5.51. The van der Waals surface area contributed by atoms with Crippen molar-refractivity contribution in [3.8, 4) is 5.75 Å². The quantitative estimate of drug-likeness (QED) is 0.675. The van der Waals surface area contributed by atoms with Crippen LogP contribution in [0.2, 0.25) is 0 Å². The van der Waals surface area contributed by atoms with E-state index >= 15 is 0 Å². The zero-order chi connectivity index (χ0) is 21.6. The molecule has 2 fully saturated rings. The maximum atomic E-state index is 13.5. The molecule has 7 heteroatoms. The van der Waals surface area contributed by atoms with Crippen molar-refractivity contribution in [1.82, 2.24) is 14.7 Å². The molecular weight excluding hydrogens is 410 g/mol. The van der Waals surface area contributed by atoms with E-state index < -0.39 is 0 Å². The van der Waals surface area contributed by atoms with Crippen LogP contribution in [0.1, 0.15) is 36.1 Å². The van der Waals surface area contributed by atoms with Crippen molar-refractivity contribution in [1.29, 1.82) is 0 Å². The van der Waals surface area contributed by atoms with Crippen molar-refractivity contribution in [3.05, 3.63) is 52.2 Å². The highest BCUT2D eigenvalue weighted by molar-refractivity contribution is 7.09. The number of amides is 3. The number of methoxy groups -OCH3 is 1. The van der Waals surface area contributed by atoms with Crippen LogP contribution in [0.15, 0.2) is 41.8 Å². The van der Waals surface area contributed by atoms with Gasteiger partial charge in [0.25, 0.3) is 0 Å². The molecule has 2 saturated heterocycles. The molecule has 2 aliphatic heterocycles. The Hall–Kier alpha value is -2.54. The summed E-state index contributed by atoms with van der Waals surface area (Å²) in [6.07, 6.45) is 3.65. The average Bonchev–Trinajstić information content (AvgIpc) is 3.53. The van der Waals surface area contributed by atoms with Gasteiger partial charge in [-0.25, -0.2) is 4.79 Å². The number of nitrogens with zero attached hydrogens (tertiary/aromatic N) is 3. The minimum atomic E-state index is -0.0442. The van der Waals surface area contributed by atoms with E-state index in [2.05, 4.69) is 6.07 Å². The van der Waals surface area contributed by atoms with E-state index in [1.165, 1.54) is 4.88 Å². The molecule has 0 N–H and O–H groups in total. The zero-order valence-corrected chi connectivity index (χ0v) is 19.0. The summed E-state index contributed by atoms with van der Waals surface area (Å²) >= 11 is 1.67. The standard InChI is InChI=1S/C24H31N3O3S/c1-30-22-9-3-2-7-20(22)17-27(18-21-8-6-16-31-21)23(28)19-10-14-26(15-11-19)24(29)25-12-4-5-13-25/h2-3,6-9,16,19H,4-5,10-15,17-18H2,1H3. The van der Waals surface area contributed by atoms with Gasteiger partial charge in [0.1, 0.15) is 5.75 Å². The zero-order valence-electron chi connectivity index (χ0n) is 18.2. The number of carbonyl (C=O) groups excluding carboxylic acids is 2. The smallest absolute Gasteiger partial charge is 0.319 e. The van der Waals surface area contributed by atoms with Gasteiger partial charge < -0.3 is 19.4 Å². The molecule has 1 aromatic carbocycles. The van der Waals surface area contributed by atoms with Crippen molar-refractivity contribution >= 4 is 23.3 Å². The molecule has 0 atom stereocenters. The third kappa shape index (κ3) is 5.21. The van der Waals surface area contributed by atoms with Gasteiger partial charge in [-0.1, -0.05) is 24.3 Å². The fourth-order valence-electron chi connectivity index (χ4n) is 4.53. The van der Waals surface area contributed by atoms with Gasteiger partial charge >= 0.3 is 6.03 Å². The van der Waals surface area contributed by atoms with Crippen LogP contribution >= 0.6 is 11.3 Å².